The summed E-state index contributed by atoms with van der Waals surface area (Å²) in [5.74, 6) is 0.862. The maximum Gasteiger partial charge on any atom is 0.263 e. The molecule has 4 aromatic rings. The van der Waals surface area contributed by atoms with Crippen LogP contribution in [0.3, 0.4) is 0 Å². The van der Waals surface area contributed by atoms with E-state index in [0.29, 0.717) is 29.0 Å². The molecule has 1 saturated carbocycles. The SMILES string of the molecule is Cn1c(=O)c(C(=O)NCc2ccc(C#N)cc2)cc2ccnc(OCC3(SCc4ccccc4)CC3)c21. The van der Waals surface area contributed by atoms with Crippen LogP contribution in [0.2, 0.25) is 0 Å². The molecule has 1 aliphatic rings. The van der Waals surface area contributed by atoms with Crippen LogP contribution >= 0.6 is 11.8 Å². The molecule has 1 fully saturated rings. The van der Waals surface area contributed by atoms with Gasteiger partial charge in [0.05, 0.1) is 16.4 Å². The number of hydrogen-bond donors (Lipinski definition) is 1. The average Bonchev–Trinajstić information content (AvgIpc) is 3.72. The van der Waals surface area contributed by atoms with Crippen molar-refractivity contribution in [2.45, 2.75) is 29.9 Å². The molecule has 1 N–H and O–H groups in total. The van der Waals surface area contributed by atoms with E-state index in [0.717, 1.165) is 24.2 Å². The molecule has 5 rings (SSSR count). The van der Waals surface area contributed by atoms with Gasteiger partial charge in [0.15, 0.2) is 0 Å². The molecule has 0 aliphatic heterocycles. The van der Waals surface area contributed by atoms with Gasteiger partial charge in [0.25, 0.3) is 11.5 Å². The van der Waals surface area contributed by atoms with Crippen LogP contribution in [0.25, 0.3) is 10.9 Å². The molecule has 7 nitrogen and oxygen atoms in total. The number of pyridine rings is 2. The molecule has 0 saturated heterocycles. The number of hydrogen-bond acceptors (Lipinski definition) is 6. The van der Waals surface area contributed by atoms with Crippen molar-refractivity contribution in [3.8, 4) is 11.9 Å². The van der Waals surface area contributed by atoms with Gasteiger partial charge in [-0.25, -0.2) is 4.98 Å². The molecule has 0 bridgehead atoms. The molecular formula is C29H26N4O3S. The number of amides is 1. The molecule has 0 unspecified atom stereocenters. The van der Waals surface area contributed by atoms with Gasteiger partial charge < -0.3 is 14.6 Å². The molecule has 2 aromatic heterocycles. The zero-order chi connectivity index (χ0) is 25.8. The zero-order valence-electron chi connectivity index (χ0n) is 20.4. The second-order valence-electron chi connectivity index (χ2n) is 9.21. The van der Waals surface area contributed by atoms with Crippen molar-refractivity contribution in [3.05, 3.63) is 106 Å². The Bertz CT molecular complexity index is 1540. The van der Waals surface area contributed by atoms with Crippen molar-refractivity contribution < 1.29 is 9.53 Å². The van der Waals surface area contributed by atoms with E-state index < -0.39 is 11.5 Å². The first-order chi connectivity index (χ1) is 18.0. The summed E-state index contributed by atoms with van der Waals surface area (Å²) in [4.78, 5) is 30.4. The number of nitrogens with zero attached hydrogens (tertiary/aromatic N) is 3. The summed E-state index contributed by atoms with van der Waals surface area (Å²) in [6, 6.07) is 22.7. The molecule has 186 valence electrons. The summed E-state index contributed by atoms with van der Waals surface area (Å²) in [6.45, 7) is 0.761. The maximum atomic E-state index is 13.1. The fourth-order valence-electron chi connectivity index (χ4n) is 4.13. The van der Waals surface area contributed by atoms with Gasteiger partial charge >= 0.3 is 0 Å². The third kappa shape index (κ3) is 5.52. The zero-order valence-corrected chi connectivity index (χ0v) is 21.3. The van der Waals surface area contributed by atoms with E-state index >= 15 is 0 Å². The highest BCUT2D eigenvalue weighted by Gasteiger charge is 2.44. The van der Waals surface area contributed by atoms with Crippen LogP contribution in [0.15, 0.2) is 77.7 Å². The van der Waals surface area contributed by atoms with Crippen molar-refractivity contribution in [2.24, 2.45) is 7.05 Å². The van der Waals surface area contributed by atoms with Crippen LogP contribution in [0.5, 0.6) is 5.88 Å². The van der Waals surface area contributed by atoms with Gasteiger partial charge in [-0.2, -0.15) is 5.26 Å². The predicted molar refractivity (Wildman–Crippen MR) is 145 cm³/mol. The molecule has 0 radical (unpaired) electrons. The quantitative estimate of drug-likeness (QED) is 0.354. The van der Waals surface area contributed by atoms with Gasteiger partial charge in [0, 0.05) is 30.9 Å². The van der Waals surface area contributed by atoms with E-state index in [9.17, 15) is 9.59 Å². The Kier molecular flexibility index (Phi) is 6.97. The summed E-state index contributed by atoms with van der Waals surface area (Å²) in [6.07, 6.45) is 3.80. The van der Waals surface area contributed by atoms with Crippen molar-refractivity contribution in [2.75, 3.05) is 6.61 Å². The van der Waals surface area contributed by atoms with E-state index in [1.807, 2.05) is 30.0 Å². The van der Waals surface area contributed by atoms with Crippen molar-refractivity contribution >= 4 is 28.6 Å². The van der Waals surface area contributed by atoms with Crippen LogP contribution in [0, 0.1) is 11.3 Å². The van der Waals surface area contributed by atoms with Crippen LogP contribution in [-0.2, 0) is 19.3 Å². The van der Waals surface area contributed by atoms with E-state index in [2.05, 4.69) is 28.5 Å². The molecule has 0 atom stereocenters. The van der Waals surface area contributed by atoms with Crippen molar-refractivity contribution in [3.63, 3.8) is 0 Å². The van der Waals surface area contributed by atoms with E-state index in [1.165, 1.54) is 10.1 Å². The number of carbonyl (C=O) groups is 1. The summed E-state index contributed by atoms with van der Waals surface area (Å²) in [5.41, 5.74) is 2.88. The van der Waals surface area contributed by atoms with Gasteiger partial charge in [-0.05, 0) is 48.2 Å². The number of aromatic nitrogens is 2. The summed E-state index contributed by atoms with van der Waals surface area (Å²) in [7, 11) is 1.63. The Morgan fingerprint density at radius 3 is 2.59 bits per heavy atom. The molecule has 2 aromatic carbocycles. The fraction of sp³-hybridized carbons (Fsp3) is 0.241. The van der Waals surface area contributed by atoms with E-state index in [-0.39, 0.29) is 16.9 Å². The van der Waals surface area contributed by atoms with Gasteiger partial charge in [-0.1, -0.05) is 42.5 Å². The Morgan fingerprint density at radius 1 is 1.14 bits per heavy atom. The number of fused-ring (bicyclic) bond motifs is 1. The standard InChI is InChI=1S/C29H26N4O3S/c1-33-25-23(15-24(28(33)35)26(34)32-17-21-9-7-20(16-30)8-10-21)11-14-31-27(25)36-19-29(12-13-29)37-18-22-5-3-2-4-6-22/h2-11,14-15H,12-13,17-19H2,1H3,(H,32,34). The minimum Gasteiger partial charge on any atom is -0.475 e. The lowest BCUT2D eigenvalue weighted by molar-refractivity contribution is 0.0949. The minimum atomic E-state index is -0.458. The van der Waals surface area contributed by atoms with Crippen LogP contribution in [0.1, 0.15) is 39.9 Å². The monoisotopic (exact) mass is 510 g/mol. The van der Waals surface area contributed by atoms with Crippen LogP contribution < -0.4 is 15.6 Å². The van der Waals surface area contributed by atoms with Gasteiger partial charge in [0.1, 0.15) is 17.7 Å². The van der Waals surface area contributed by atoms with Crippen molar-refractivity contribution in [1.29, 1.82) is 5.26 Å². The van der Waals surface area contributed by atoms with Crippen LogP contribution in [0.4, 0.5) is 0 Å². The predicted octanol–water partition coefficient (Wildman–Crippen LogP) is 4.58. The fourth-order valence-corrected chi connectivity index (χ4v) is 5.32. The Morgan fingerprint density at radius 2 is 1.89 bits per heavy atom. The van der Waals surface area contributed by atoms with Gasteiger partial charge in [0.2, 0.25) is 5.88 Å². The number of rotatable bonds is 9. The molecule has 1 aliphatic carbocycles. The lowest BCUT2D eigenvalue weighted by Crippen LogP contribution is -2.32. The summed E-state index contributed by atoms with van der Waals surface area (Å²) in [5, 5.41) is 12.4. The van der Waals surface area contributed by atoms with E-state index in [1.54, 1.807) is 49.6 Å². The number of benzene rings is 2. The van der Waals surface area contributed by atoms with Gasteiger partial charge in [-0.3, -0.25) is 9.59 Å². The highest BCUT2D eigenvalue weighted by atomic mass is 32.2. The molecule has 0 spiro atoms. The first-order valence-electron chi connectivity index (χ1n) is 12.0. The average molecular weight is 511 g/mol. The second-order valence-corrected chi connectivity index (χ2v) is 10.7. The Balaban J connectivity index is 1.30. The second kappa shape index (κ2) is 10.5. The molecule has 37 heavy (non-hydrogen) atoms. The third-order valence-corrected chi connectivity index (χ3v) is 8.16. The number of nitrogens with one attached hydrogen (secondary N) is 1. The number of aryl methyl sites for hydroxylation is 1. The van der Waals surface area contributed by atoms with Gasteiger partial charge in [-0.15, -0.1) is 11.8 Å². The molecule has 1 amide bonds. The Hall–Kier alpha value is -4.09. The minimum absolute atomic E-state index is 0.0536. The number of nitriles is 1. The lowest BCUT2D eigenvalue weighted by atomic mass is 10.1. The first kappa shape index (κ1) is 24.6. The van der Waals surface area contributed by atoms with E-state index in [4.69, 9.17) is 10.00 Å². The number of carbonyl (C=O) groups excluding carboxylic acids is 1. The first-order valence-corrected chi connectivity index (χ1v) is 13.0. The largest absolute Gasteiger partial charge is 0.475 e. The summed E-state index contributed by atoms with van der Waals surface area (Å²) < 4.78 is 7.68. The maximum absolute atomic E-state index is 13.1. The Labute approximate surface area is 219 Å². The van der Waals surface area contributed by atoms with Crippen molar-refractivity contribution in [1.82, 2.24) is 14.9 Å². The molecule has 8 heteroatoms. The normalized spacial score (nSPS) is 13.6. The third-order valence-electron chi connectivity index (χ3n) is 6.54. The highest BCUT2D eigenvalue weighted by Crippen LogP contribution is 2.50. The molecule has 2 heterocycles. The van der Waals surface area contributed by atoms with Crippen LogP contribution in [-0.4, -0.2) is 26.8 Å². The molecular weight excluding hydrogens is 484 g/mol. The highest BCUT2D eigenvalue weighted by molar-refractivity contribution is 8.00. The topological polar surface area (TPSA) is 97.0 Å². The lowest BCUT2D eigenvalue weighted by Gasteiger charge is -2.17. The number of ether oxygens (including phenoxy) is 1. The summed E-state index contributed by atoms with van der Waals surface area (Å²) >= 11 is 1.90. The smallest absolute Gasteiger partial charge is 0.263 e. The number of thioether (sulfide) groups is 1.